The highest BCUT2D eigenvalue weighted by molar-refractivity contribution is 5.96. The molecule has 3 amide bonds. The van der Waals surface area contributed by atoms with Gasteiger partial charge in [-0.25, -0.2) is 0 Å². The molecule has 0 spiro atoms. The Bertz CT molecular complexity index is 895. The van der Waals surface area contributed by atoms with Gasteiger partial charge >= 0.3 is 0 Å². The Morgan fingerprint density at radius 1 is 0.950 bits per heavy atom. The minimum Gasteiger partial charge on any atom is -0.493 e. The molecule has 0 heterocycles. The predicted molar refractivity (Wildman–Crippen MR) is 157 cm³/mol. The number of rotatable bonds is 21. The van der Waals surface area contributed by atoms with Crippen molar-refractivity contribution in [3.05, 3.63) is 29.8 Å². The summed E-state index contributed by atoms with van der Waals surface area (Å²) >= 11 is 0. The van der Waals surface area contributed by atoms with E-state index in [1.54, 1.807) is 25.3 Å². The van der Waals surface area contributed by atoms with Gasteiger partial charge in [0.05, 0.1) is 18.3 Å². The molecule has 0 saturated heterocycles. The molecule has 0 aliphatic rings. The van der Waals surface area contributed by atoms with Crippen molar-refractivity contribution in [2.24, 2.45) is 35.1 Å². The van der Waals surface area contributed by atoms with Gasteiger partial charge in [0.15, 0.2) is 0 Å². The number of aliphatic hydroxyl groups is 1. The Kier molecular flexibility index (Phi) is 17.1. The van der Waals surface area contributed by atoms with Gasteiger partial charge in [0.25, 0.3) is 5.91 Å². The van der Waals surface area contributed by atoms with Crippen LogP contribution < -0.4 is 26.8 Å². The molecule has 0 saturated carbocycles. The van der Waals surface area contributed by atoms with Gasteiger partial charge in [-0.2, -0.15) is 0 Å². The molecular weight excluding hydrogens is 512 g/mol. The highest BCUT2D eigenvalue weighted by atomic mass is 16.5. The summed E-state index contributed by atoms with van der Waals surface area (Å²) in [7, 11) is 1.66. The van der Waals surface area contributed by atoms with Crippen LogP contribution >= 0.6 is 0 Å². The molecule has 0 aliphatic carbocycles. The van der Waals surface area contributed by atoms with Crippen molar-refractivity contribution in [1.82, 2.24) is 10.6 Å². The molecule has 0 bridgehead atoms. The number of hydrogen-bond acceptors (Lipinski definition) is 7. The molecule has 10 nitrogen and oxygen atoms in total. The first-order valence-electron chi connectivity index (χ1n) is 14.5. The number of para-hydroxylation sites is 1. The van der Waals surface area contributed by atoms with E-state index in [0.717, 1.165) is 12.8 Å². The van der Waals surface area contributed by atoms with E-state index in [0.29, 0.717) is 50.5 Å². The lowest BCUT2D eigenvalue weighted by molar-refractivity contribution is -0.128. The van der Waals surface area contributed by atoms with Crippen LogP contribution in [0.5, 0.6) is 5.75 Å². The fourth-order valence-corrected chi connectivity index (χ4v) is 4.45. The Morgan fingerprint density at radius 2 is 1.62 bits per heavy atom. The molecule has 1 aromatic rings. The third-order valence-electron chi connectivity index (χ3n) is 7.20. The van der Waals surface area contributed by atoms with Gasteiger partial charge in [0.2, 0.25) is 11.8 Å². The summed E-state index contributed by atoms with van der Waals surface area (Å²) in [5.74, 6) is -0.441. The summed E-state index contributed by atoms with van der Waals surface area (Å²) in [5, 5.41) is 16.8. The third kappa shape index (κ3) is 13.6. The number of methoxy groups -OCH3 is 1. The minimum absolute atomic E-state index is 0.000407. The van der Waals surface area contributed by atoms with Crippen molar-refractivity contribution < 1.29 is 29.0 Å². The second-order valence-electron chi connectivity index (χ2n) is 11.2. The van der Waals surface area contributed by atoms with Gasteiger partial charge in [0.1, 0.15) is 5.75 Å². The summed E-state index contributed by atoms with van der Waals surface area (Å²) in [5.41, 5.74) is 12.0. The number of ether oxygens (including phenoxy) is 2. The van der Waals surface area contributed by atoms with Crippen molar-refractivity contribution in [2.45, 2.75) is 78.4 Å². The topological polar surface area (TPSA) is 166 Å². The van der Waals surface area contributed by atoms with Crippen LogP contribution in [0.4, 0.5) is 0 Å². The Balaban J connectivity index is 2.69. The summed E-state index contributed by atoms with van der Waals surface area (Å²) < 4.78 is 10.9. The molecule has 228 valence electrons. The fraction of sp³-hybridized carbons (Fsp3) is 0.700. The van der Waals surface area contributed by atoms with Crippen molar-refractivity contribution in [1.29, 1.82) is 0 Å². The van der Waals surface area contributed by atoms with E-state index in [-0.39, 0.29) is 42.4 Å². The van der Waals surface area contributed by atoms with Crippen LogP contribution in [0.3, 0.4) is 0 Å². The fourth-order valence-electron chi connectivity index (χ4n) is 4.45. The lowest BCUT2D eigenvalue weighted by Crippen LogP contribution is -2.44. The first-order valence-corrected chi connectivity index (χ1v) is 14.5. The number of primary amides is 1. The smallest absolute Gasteiger partial charge is 0.255 e. The number of unbranched alkanes of at least 4 members (excludes halogenated alkanes) is 1. The number of hydrogen-bond donors (Lipinski definition) is 5. The molecule has 4 atom stereocenters. The van der Waals surface area contributed by atoms with Crippen LogP contribution in [-0.4, -0.2) is 68.4 Å². The number of aliphatic hydroxyl groups excluding tert-OH is 1. The van der Waals surface area contributed by atoms with Crippen LogP contribution in [0, 0.1) is 23.7 Å². The van der Waals surface area contributed by atoms with Crippen LogP contribution in [0.25, 0.3) is 0 Å². The first kappa shape index (κ1) is 35.3. The molecule has 7 N–H and O–H groups in total. The average Bonchev–Trinajstić information content (AvgIpc) is 2.91. The first-order chi connectivity index (χ1) is 19.0. The largest absolute Gasteiger partial charge is 0.493 e. The maximum absolute atomic E-state index is 13.0. The number of carbonyl (C=O) groups excluding carboxylic acids is 3. The monoisotopic (exact) mass is 564 g/mol. The van der Waals surface area contributed by atoms with Crippen molar-refractivity contribution in [2.75, 3.05) is 33.4 Å². The lowest BCUT2D eigenvalue weighted by Gasteiger charge is -2.30. The number of carbonyl (C=O) groups is 3. The van der Waals surface area contributed by atoms with Crippen molar-refractivity contribution in [3.63, 3.8) is 0 Å². The number of nitrogens with two attached hydrogens (primary N) is 2. The van der Waals surface area contributed by atoms with Crippen molar-refractivity contribution >= 4 is 17.7 Å². The highest BCUT2D eigenvalue weighted by Crippen LogP contribution is 2.24. The third-order valence-corrected chi connectivity index (χ3v) is 7.20. The van der Waals surface area contributed by atoms with Gasteiger partial charge in [0, 0.05) is 45.2 Å². The van der Waals surface area contributed by atoms with E-state index >= 15 is 0 Å². The average molecular weight is 565 g/mol. The van der Waals surface area contributed by atoms with E-state index in [1.807, 2.05) is 19.9 Å². The van der Waals surface area contributed by atoms with Gasteiger partial charge in [-0.1, -0.05) is 39.8 Å². The zero-order valence-corrected chi connectivity index (χ0v) is 25.0. The summed E-state index contributed by atoms with van der Waals surface area (Å²) in [4.78, 5) is 36.7. The second kappa shape index (κ2) is 19.4. The molecule has 4 unspecified atom stereocenters. The SMILES string of the molecule is COCCCCOc1ccccc1C(=O)NCC(CC(N)C(O)CC(C(=O)NCCCC(N)=O)C(C)C)C(C)C. The lowest BCUT2D eigenvalue weighted by atomic mass is 9.83. The van der Waals surface area contributed by atoms with Gasteiger partial charge < -0.3 is 36.7 Å². The van der Waals surface area contributed by atoms with E-state index in [4.69, 9.17) is 20.9 Å². The molecule has 1 aromatic carbocycles. The summed E-state index contributed by atoms with van der Waals surface area (Å²) in [6.45, 7) is 9.89. The van der Waals surface area contributed by atoms with Crippen LogP contribution in [0.15, 0.2) is 24.3 Å². The zero-order valence-electron chi connectivity index (χ0n) is 25.0. The standard InChI is InChI=1S/C30H52N4O6/c1-20(2)22(19-34-29(37)23-11-6-7-12-27(23)40-16-9-8-15-39-5)17-25(31)26(35)18-24(21(3)4)30(38)33-14-10-13-28(32)36/h6-7,11-12,20-22,24-26,35H,8-10,13-19,31H2,1-5H3,(H2,32,36)(H,33,38)(H,34,37). The summed E-state index contributed by atoms with van der Waals surface area (Å²) in [6.07, 6.45) is 2.23. The van der Waals surface area contributed by atoms with Gasteiger partial charge in [-0.15, -0.1) is 0 Å². The van der Waals surface area contributed by atoms with E-state index < -0.39 is 24.0 Å². The zero-order chi connectivity index (χ0) is 30.1. The molecule has 0 radical (unpaired) electrons. The van der Waals surface area contributed by atoms with E-state index in [9.17, 15) is 19.5 Å². The Hall–Kier alpha value is -2.69. The van der Waals surface area contributed by atoms with Crippen LogP contribution in [-0.2, 0) is 14.3 Å². The molecule has 0 aromatic heterocycles. The number of amides is 3. The normalized spacial score (nSPS) is 14.4. The molecule has 1 rings (SSSR count). The molecular formula is C30H52N4O6. The van der Waals surface area contributed by atoms with Crippen LogP contribution in [0.1, 0.15) is 76.6 Å². The molecule has 40 heavy (non-hydrogen) atoms. The van der Waals surface area contributed by atoms with Crippen LogP contribution in [0.2, 0.25) is 0 Å². The molecule has 0 aliphatic heterocycles. The minimum atomic E-state index is -0.882. The second-order valence-corrected chi connectivity index (χ2v) is 11.2. The highest BCUT2D eigenvalue weighted by Gasteiger charge is 2.29. The van der Waals surface area contributed by atoms with Gasteiger partial charge in [-0.05, 0) is 62.0 Å². The van der Waals surface area contributed by atoms with E-state index in [2.05, 4.69) is 24.5 Å². The van der Waals surface area contributed by atoms with E-state index in [1.165, 1.54) is 0 Å². The van der Waals surface area contributed by atoms with Crippen molar-refractivity contribution in [3.8, 4) is 5.75 Å². The predicted octanol–water partition coefficient (Wildman–Crippen LogP) is 2.62. The molecule has 10 heteroatoms. The maximum Gasteiger partial charge on any atom is 0.255 e. The number of benzene rings is 1. The Labute approximate surface area is 239 Å². The summed E-state index contributed by atoms with van der Waals surface area (Å²) in [6, 6.07) is 6.61. The molecule has 0 fully saturated rings. The Morgan fingerprint density at radius 3 is 2.25 bits per heavy atom. The number of nitrogens with one attached hydrogen (secondary N) is 2. The maximum atomic E-state index is 13.0. The van der Waals surface area contributed by atoms with Gasteiger partial charge in [-0.3, -0.25) is 14.4 Å². The quantitative estimate of drug-likeness (QED) is 0.143.